The molecule has 41 heavy (non-hydrogen) atoms. The minimum absolute atomic E-state index is 0.271. The number of esters is 1. The van der Waals surface area contributed by atoms with Crippen LogP contribution in [0.25, 0.3) is 27.8 Å². The number of carbonyl (C=O) groups excluding carboxylic acids is 2. The van der Waals surface area contributed by atoms with Gasteiger partial charge in [0.2, 0.25) is 0 Å². The molecule has 0 saturated carbocycles. The summed E-state index contributed by atoms with van der Waals surface area (Å²) in [6.07, 6.45) is 3.20. The number of ether oxygens (including phenoxy) is 2. The molecular weight excluding hydrogens is 546 g/mol. The molecule has 2 aromatic carbocycles. The largest absolute Gasteiger partial charge is 0.495 e. The minimum Gasteiger partial charge on any atom is -0.495 e. The normalized spacial score (nSPS) is 17.9. The number of carbonyl (C=O) groups is 2. The molecule has 206 valence electrons. The highest BCUT2D eigenvalue weighted by atomic mass is 32.2. The molecular formula is C28H23N7O5S. The molecule has 1 N–H and O–H groups in total. The third-order valence-electron chi connectivity index (χ3n) is 7.45. The molecule has 2 fully saturated rings. The zero-order valence-corrected chi connectivity index (χ0v) is 22.8. The third-order valence-corrected chi connectivity index (χ3v) is 8.43. The molecule has 2 atom stereocenters. The Balaban J connectivity index is 1.36. The van der Waals surface area contributed by atoms with Gasteiger partial charge in [0.05, 0.1) is 42.3 Å². The monoisotopic (exact) mass is 569 g/mol. The van der Waals surface area contributed by atoms with Crippen molar-refractivity contribution >= 4 is 45.7 Å². The van der Waals surface area contributed by atoms with E-state index in [-0.39, 0.29) is 29.3 Å². The summed E-state index contributed by atoms with van der Waals surface area (Å²) >= 11 is 1.38. The number of nitrogens with one attached hydrogen (secondary N) is 1. The Morgan fingerprint density at radius 1 is 1.20 bits per heavy atom. The molecule has 3 aromatic heterocycles. The molecule has 0 radical (unpaired) electrons. The fourth-order valence-electron chi connectivity index (χ4n) is 5.51. The molecule has 2 bridgehead atoms. The van der Waals surface area contributed by atoms with Crippen LogP contribution in [0.15, 0.2) is 58.9 Å². The number of imidazole rings is 1. The van der Waals surface area contributed by atoms with E-state index in [1.54, 1.807) is 30.6 Å². The lowest BCUT2D eigenvalue weighted by Gasteiger charge is -2.26. The number of H-pyrrole nitrogens is 1. The minimum atomic E-state index is -0.593. The van der Waals surface area contributed by atoms with E-state index in [4.69, 9.17) is 14.5 Å². The van der Waals surface area contributed by atoms with Gasteiger partial charge in [0, 0.05) is 12.0 Å². The highest BCUT2D eigenvalue weighted by Crippen LogP contribution is 2.33. The van der Waals surface area contributed by atoms with Gasteiger partial charge in [-0.15, -0.1) is 0 Å². The Hall–Kier alpha value is -4.78. The fourth-order valence-corrected chi connectivity index (χ4v) is 6.39. The number of aromatic nitrogens is 6. The Morgan fingerprint density at radius 2 is 2.07 bits per heavy atom. The lowest BCUT2D eigenvalue weighted by molar-refractivity contribution is -0.149. The van der Waals surface area contributed by atoms with E-state index < -0.39 is 6.04 Å². The van der Waals surface area contributed by atoms with Crippen molar-refractivity contribution in [2.75, 3.05) is 13.7 Å². The molecule has 0 spiro atoms. The average Bonchev–Trinajstić information content (AvgIpc) is 3.71. The van der Waals surface area contributed by atoms with Crippen LogP contribution in [0.2, 0.25) is 0 Å². The van der Waals surface area contributed by atoms with Crippen LogP contribution in [0.1, 0.15) is 28.2 Å². The molecule has 2 saturated heterocycles. The standard InChI is InChI=1S/C28H23N7O5S/c1-14-4-3-5-17-22(14)27(37)35(21(33-17)11-41-25-23-24(30-12-29-23)31-13-32-25)18-8-15(6-7-20(18)39-2)26(36)34-10-16-9-19(34)28(38)40-16/h3-8,12-13,16,19H,9-11H2,1-2H3,(H,29,30,31,32)/t16-,19-/m1/s1. The first-order chi connectivity index (χ1) is 19.9. The molecule has 5 aromatic rings. The first kappa shape index (κ1) is 25.2. The van der Waals surface area contributed by atoms with Crippen molar-refractivity contribution in [3.63, 3.8) is 0 Å². The van der Waals surface area contributed by atoms with Gasteiger partial charge < -0.3 is 19.4 Å². The summed E-state index contributed by atoms with van der Waals surface area (Å²) in [5.41, 5.74) is 2.98. The first-order valence-electron chi connectivity index (χ1n) is 12.9. The van der Waals surface area contributed by atoms with Crippen LogP contribution < -0.4 is 10.3 Å². The Labute approximate surface area is 236 Å². The van der Waals surface area contributed by atoms with Gasteiger partial charge in [0.25, 0.3) is 11.5 Å². The summed E-state index contributed by atoms with van der Waals surface area (Å²) in [5, 5.41) is 1.13. The van der Waals surface area contributed by atoms with Gasteiger partial charge in [-0.1, -0.05) is 23.9 Å². The Bertz CT molecular complexity index is 1940. The maximum Gasteiger partial charge on any atom is 0.329 e. The summed E-state index contributed by atoms with van der Waals surface area (Å²) in [4.78, 5) is 62.1. The van der Waals surface area contributed by atoms with Crippen molar-refractivity contribution in [3.05, 3.63) is 76.4 Å². The molecule has 0 unspecified atom stereocenters. The molecule has 1 amide bonds. The van der Waals surface area contributed by atoms with E-state index in [0.29, 0.717) is 62.9 Å². The number of hydrogen-bond acceptors (Lipinski definition) is 10. The number of amides is 1. The summed E-state index contributed by atoms with van der Waals surface area (Å²) < 4.78 is 12.4. The van der Waals surface area contributed by atoms with Crippen molar-refractivity contribution in [2.24, 2.45) is 0 Å². The molecule has 5 heterocycles. The molecule has 2 aliphatic rings. The van der Waals surface area contributed by atoms with Gasteiger partial charge in [-0.3, -0.25) is 14.2 Å². The maximum absolute atomic E-state index is 14.2. The molecule has 2 aliphatic heterocycles. The Kier molecular flexibility index (Phi) is 5.96. The van der Waals surface area contributed by atoms with Crippen LogP contribution in [0.3, 0.4) is 0 Å². The average molecular weight is 570 g/mol. The van der Waals surface area contributed by atoms with E-state index in [1.807, 2.05) is 19.1 Å². The number of fused-ring (bicyclic) bond motifs is 4. The van der Waals surface area contributed by atoms with E-state index in [9.17, 15) is 14.4 Å². The van der Waals surface area contributed by atoms with Gasteiger partial charge in [-0.25, -0.2) is 24.7 Å². The summed E-state index contributed by atoms with van der Waals surface area (Å²) in [5.74, 6) is 0.410. The topological polar surface area (TPSA) is 145 Å². The fraction of sp³-hybridized carbons (Fsp3) is 0.250. The summed E-state index contributed by atoms with van der Waals surface area (Å²) in [7, 11) is 1.50. The number of hydrogen-bond donors (Lipinski definition) is 1. The van der Waals surface area contributed by atoms with Gasteiger partial charge in [-0.05, 0) is 36.8 Å². The van der Waals surface area contributed by atoms with E-state index >= 15 is 0 Å². The second-order valence-electron chi connectivity index (χ2n) is 9.86. The lowest BCUT2D eigenvalue weighted by Crippen LogP contribution is -2.44. The smallest absolute Gasteiger partial charge is 0.329 e. The van der Waals surface area contributed by atoms with Crippen molar-refractivity contribution in [1.29, 1.82) is 0 Å². The van der Waals surface area contributed by atoms with Crippen molar-refractivity contribution in [1.82, 2.24) is 34.4 Å². The van der Waals surface area contributed by atoms with Crippen LogP contribution in [0.4, 0.5) is 0 Å². The number of likely N-dealkylation sites (tertiary alicyclic amines) is 1. The van der Waals surface area contributed by atoms with E-state index in [0.717, 1.165) is 5.56 Å². The van der Waals surface area contributed by atoms with Gasteiger partial charge >= 0.3 is 5.97 Å². The zero-order chi connectivity index (χ0) is 28.2. The second kappa shape index (κ2) is 9.70. The predicted octanol–water partition coefficient (Wildman–Crippen LogP) is 2.80. The third kappa shape index (κ3) is 4.11. The molecule has 7 rings (SSSR count). The predicted molar refractivity (Wildman–Crippen MR) is 149 cm³/mol. The zero-order valence-electron chi connectivity index (χ0n) is 22.0. The van der Waals surface area contributed by atoms with E-state index in [1.165, 1.54) is 34.7 Å². The van der Waals surface area contributed by atoms with Gasteiger partial charge in [0.1, 0.15) is 40.6 Å². The van der Waals surface area contributed by atoms with Crippen LogP contribution in [0, 0.1) is 6.92 Å². The SMILES string of the molecule is COc1ccc(C(=O)N2C[C@H]3C[C@@H]2C(=O)O3)cc1-n1c(CSc2ncnc3nc[nH]c23)nc2cccc(C)c2c1=O. The van der Waals surface area contributed by atoms with Crippen LogP contribution in [-0.2, 0) is 15.3 Å². The van der Waals surface area contributed by atoms with Crippen molar-refractivity contribution in [3.8, 4) is 11.4 Å². The summed E-state index contributed by atoms with van der Waals surface area (Å²) in [6, 6.07) is 9.84. The summed E-state index contributed by atoms with van der Waals surface area (Å²) in [6.45, 7) is 2.20. The van der Waals surface area contributed by atoms with Crippen LogP contribution in [0.5, 0.6) is 5.75 Å². The highest BCUT2D eigenvalue weighted by molar-refractivity contribution is 7.98. The van der Waals surface area contributed by atoms with E-state index in [2.05, 4.69) is 19.9 Å². The number of aryl methyl sites for hydroxylation is 1. The quantitative estimate of drug-likeness (QED) is 0.184. The molecule has 13 heteroatoms. The maximum atomic E-state index is 14.2. The van der Waals surface area contributed by atoms with Crippen LogP contribution in [-0.4, -0.2) is 72.1 Å². The number of nitrogens with zero attached hydrogens (tertiary/aromatic N) is 6. The number of benzene rings is 2. The Morgan fingerprint density at radius 3 is 2.88 bits per heavy atom. The van der Waals surface area contributed by atoms with Gasteiger partial charge in [0.15, 0.2) is 5.65 Å². The van der Waals surface area contributed by atoms with Gasteiger partial charge in [-0.2, -0.15) is 0 Å². The number of morpholine rings is 1. The number of aromatic amines is 1. The van der Waals surface area contributed by atoms with Crippen molar-refractivity contribution < 1.29 is 19.1 Å². The number of rotatable bonds is 6. The van der Waals surface area contributed by atoms with Crippen molar-refractivity contribution in [2.45, 2.75) is 36.3 Å². The first-order valence-corrected chi connectivity index (χ1v) is 13.9. The van der Waals surface area contributed by atoms with Crippen LogP contribution >= 0.6 is 11.8 Å². The molecule has 0 aliphatic carbocycles. The lowest BCUT2D eigenvalue weighted by atomic mass is 10.1. The molecule has 12 nitrogen and oxygen atoms in total. The number of methoxy groups -OCH3 is 1. The number of thioether (sulfide) groups is 1. The highest BCUT2D eigenvalue weighted by Gasteiger charge is 2.48. The second-order valence-corrected chi connectivity index (χ2v) is 10.8.